The van der Waals surface area contributed by atoms with E-state index < -0.39 is 5.41 Å². The largest absolute Gasteiger partial charge is 0.497 e. The third-order valence-corrected chi connectivity index (χ3v) is 4.74. The van der Waals surface area contributed by atoms with Crippen LogP contribution in [0.4, 0.5) is 5.82 Å². The minimum absolute atomic E-state index is 0.0427. The number of rotatable bonds is 4. The summed E-state index contributed by atoms with van der Waals surface area (Å²) in [5.74, 6) is 1.46. The molecule has 1 amide bonds. The Kier molecular flexibility index (Phi) is 4.37. The Morgan fingerprint density at radius 1 is 1.17 bits per heavy atom. The minimum atomic E-state index is -0.470. The summed E-state index contributed by atoms with van der Waals surface area (Å²) in [7, 11) is 3.49. The van der Waals surface area contributed by atoms with E-state index in [0.717, 1.165) is 37.0 Å². The lowest BCUT2D eigenvalue weighted by atomic mass is 9.68. The normalized spacial score (nSPS) is 16.8. The van der Waals surface area contributed by atoms with Crippen LogP contribution in [-0.4, -0.2) is 22.8 Å². The van der Waals surface area contributed by atoms with Gasteiger partial charge in [0.2, 0.25) is 5.91 Å². The van der Waals surface area contributed by atoms with E-state index in [-0.39, 0.29) is 5.91 Å². The molecule has 2 aromatic rings. The van der Waals surface area contributed by atoms with Gasteiger partial charge in [-0.2, -0.15) is 5.10 Å². The third kappa shape index (κ3) is 3.09. The van der Waals surface area contributed by atoms with Crippen molar-refractivity contribution >= 4 is 11.7 Å². The summed E-state index contributed by atoms with van der Waals surface area (Å²) in [6.45, 7) is 0. The summed E-state index contributed by atoms with van der Waals surface area (Å²) >= 11 is 0. The van der Waals surface area contributed by atoms with E-state index in [1.54, 1.807) is 11.8 Å². The fourth-order valence-electron chi connectivity index (χ4n) is 3.43. The van der Waals surface area contributed by atoms with Crippen molar-refractivity contribution in [3.8, 4) is 5.75 Å². The van der Waals surface area contributed by atoms with Gasteiger partial charge in [-0.25, -0.2) is 0 Å². The molecule has 0 unspecified atom stereocenters. The molecule has 1 aliphatic carbocycles. The Bertz CT molecular complexity index is 670. The molecule has 122 valence electrons. The van der Waals surface area contributed by atoms with Crippen molar-refractivity contribution in [1.82, 2.24) is 9.78 Å². The van der Waals surface area contributed by atoms with Gasteiger partial charge >= 0.3 is 0 Å². The predicted molar refractivity (Wildman–Crippen MR) is 89.6 cm³/mol. The van der Waals surface area contributed by atoms with E-state index in [9.17, 15) is 4.79 Å². The molecule has 0 atom stereocenters. The molecule has 0 spiro atoms. The van der Waals surface area contributed by atoms with Crippen LogP contribution >= 0.6 is 0 Å². The van der Waals surface area contributed by atoms with E-state index >= 15 is 0 Å². The monoisotopic (exact) mass is 313 g/mol. The zero-order chi connectivity index (χ0) is 16.3. The summed E-state index contributed by atoms with van der Waals surface area (Å²) in [5.41, 5.74) is 0.591. The van der Waals surface area contributed by atoms with Crippen molar-refractivity contribution < 1.29 is 9.53 Å². The van der Waals surface area contributed by atoms with Gasteiger partial charge in [0.1, 0.15) is 5.75 Å². The van der Waals surface area contributed by atoms with Crippen LogP contribution in [0.15, 0.2) is 36.5 Å². The lowest BCUT2D eigenvalue weighted by Gasteiger charge is -2.36. The number of aryl methyl sites for hydroxylation is 1. The molecule has 0 radical (unpaired) electrons. The topological polar surface area (TPSA) is 56.1 Å². The van der Waals surface area contributed by atoms with Gasteiger partial charge in [0.05, 0.1) is 12.5 Å². The number of nitrogens with one attached hydrogen (secondary N) is 1. The first-order chi connectivity index (χ1) is 11.1. The van der Waals surface area contributed by atoms with Crippen molar-refractivity contribution in [2.24, 2.45) is 7.05 Å². The van der Waals surface area contributed by atoms with E-state index in [4.69, 9.17) is 4.74 Å². The van der Waals surface area contributed by atoms with Crippen LogP contribution in [-0.2, 0) is 17.3 Å². The van der Waals surface area contributed by atoms with Gasteiger partial charge in [0.25, 0.3) is 0 Å². The zero-order valence-corrected chi connectivity index (χ0v) is 13.7. The average Bonchev–Trinajstić information content (AvgIpc) is 3.00. The van der Waals surface area contributed by atoms with Crippen molar-refractivity contribution in [3.63, 3.8) is 0 Å². The van der Waals surface area contributed by atoms with Crippen LogP contribution in [0.1, 0.15) is 37.7 Å². The molecule has 0 bridgehead atoms. The summed E-state index contributed by atoms with van der Waals surface area (Å²) in [6.07, 6.45) is 6.91. The molecular formula is C18H23N3O2. The number of ether oxygens (including phenoxy) is 1. The van der Waals surface area contributed by atoms with Crippen LogP contribution in [0, 0.1) is 0 Å². The Hall–Kier alpha value is -2.30. The number of hydrogen-bond acceptors (Lipinski definition) is 3. The Morgan fingerprint density at radius 3 is 2.43 bits per heavy atom. The maximum absolute atomic E-state index is 13.1. The van der Waals surface area contributed by atoms with Gasteiger partial charge < -0.3 is 10.1 Å². The number of aromatic nitrogens is 2. The number of carbonyl (C=O) groups excluding carboxylic acids is 1. The van der Waals surface area contributed by atoms with Crippen molar-refractivity contribution in [2.75, 3.05) is 12.4 Å². The molecule has 1 aliphatic rings. The molecule has 5 nitrogen and oxygen atoms in total. The first-order valence-corrected chi connectivity index (χ1v) is 8.10. The predicted octanol–water partition coefficient (Wildman–Crippen LogP) is 3.27. The van der Waals surface area contributed by atoms with Crippen LogP contribution < -0.4 is 10.1 Å². The molecule has 23 heavy (non-hydrogen) atoms. The molecule has 1 heterocycles. The number of methoxy groups -OCH3 is 1. The summed E-state index contributed by atoms with van der Waals surface area (Å²) < 4.78 is 6.93. The number of carbonyl (C=O) groups is 1. The summed E-state index contributed by atoms with van der Waals surface area (Å²) in [5, 5.41) is 7.26. The Morgan fingerprint density at radius 2 is 1.87 bits per heavy atom. The van der Waals surface area contributed by atoms with Crippen LogP contribution in [0.25, 0.3) is 0 Å². The zero-order valence-electron chi connectivity index (χ0n) is 13.7. The van der Waals surface area contributed by atoms with Crippen molar-refractivity contribution in [3.05, 3.63) is 42.1 Å². The highest BCUT2D eigenvalue weighted by Gasteiger charge is 2.41. The van der Waals surface area contributed by atoms with Gasteiger partial charge in [0, 0.05) is 19.3 Å². The molecule has 3 rings (SSSR count). The SMILES string of the molecule is COc1ccc(C2(C(=O)Nc3ccn(C)n3)CCCCC2)cc1. The molecule has 1 fully saturated rings. The Labute approximate surface area is 136 Å². The van der Waals surface area contributed by atoms with Gasteiger partial charge in [-0.3, -0.25) is 9.48 Å². The fraction of sp³-hybridized carbons (Fsp3) is 0.444. The second-order valence-electron chi connectivity index (χ2n) is 6.20. The van der Waals surface area contributed by atoms with Gasteiger partial charge in [-0.15, -0.1) is 0 Å². The lowest BCUT2D eigenvalue weighted by molar-refractivity contribution is -0.122. The fourth-order valence-corrected chi connectivity index (χ4v) is 3.43. The third-order valence-electron chi connectivity index (χ3n) is 4.74. The highest BCUT2D eigenvalue weighted by Crippen LogP contribution is 2.40. The lowest BCUT2D eigenvalue weighted by Crippen LogP contribution is -2.42. The smallest absolute Gasteiger partial charge is 0.236 e. The van der Waals surface area contributed by atoms with E-state index in [1.807, 2.05) is 43.6 Å². The van der Waals surface area contributed by atoms with E-state index in [2.05, 4.69) is 10.4 Å². The summed E-state index contributed by atoms with van der Waals surface area (Å²) in [6, 6.07) is 9.71. The molecule has 1 saturated carbocycles. The number of amides is 1. The van der Waals surface area contributed by atoms with Crippen LogP contribution in [0.3, 0.4) is 0 Å². The maximum Gasteiger partial charge on any atom is 0.236 e. The van der Waals surface area contributed by atoms with Gasteiger partial charge in [0.15, 0.2) is 5.82 Å². The maximum atomic E-state index is 13.1. The number of benzene rings is 1. The van der Waals surface area contributed by atoms with E-state index in [0.29, 0.717) is 5.82 Å². The highest BCUT2D eigenvalue weighted by molar-refractivity contribution is 5.98. The van der Waals surface area contributed by atoms with Crippen LogP contribution in [0.2, 0.25) is 0 Å². The quantitative estimate of drug-likeness (QED) is 0.942. The molecule has 5 heteroatoms. The molecule has 0 aliphatic heterocycles. The van der Waals surface area contributed by atoms with E-state index in [1.165, 1.54) is 6.42 Å². The van der Waals surface area contributed by atoms with Crippen molar-refractivity contribution in [1.29, 1.82) is 0 Å². The highest BCUT2D eigenvalue weighted by atomic mass is 16.5. The molecule has 1 N–H and O–H groups in total. The molecule has 1 aromatic carbocycles. The van der Waals surface area contributed by atoms with Gasteiger partial charge in [-0.05, 0) is 30.5 Å². The Balaban J connectivity index is 1.90. The number of nitrogens with zero attached hydrogens (tertiary/aromatic N) is 2. The standard InChI is InChI=1S/C18H23N3O2/c1-21-13-10-16(20-21)19-17(22)18(11-4-3-5-12-18)14-6-8-15(23-2)9-7-14/h6-10,13H,3-5,11-12H2,1-2H3,(H,19,20,22). The summed E-state index contributed by atoms with van der Waals surface area (Å²) in [4.78, 5) is 13.1. The number of anilines is 1. The minimum Gasteiger partial charge on any atom is -0.497 e. The van der Waals surface area contributed by atoms with Crippen LogP contribution in [0.5, 0.6) is 5.75 Å². The second kappa shape index (κ2) is 6.44. The average molecular weight is 313 g/mol. The first kappa shape index (κ1) is 15.6. The molecule has 0 saturated heterocycles. The molecule has 1 aromatic heterocycles. The molecular weight excluding hydrogens is 290 g/mol. The second-order valence-corrected chi connectivity index (χ2v) is 6.20. The first-order valence-electron chi connectivity index (χ1n) is 8.10. The van der Waals surface area contributed by atoms with Gasteiger partial charge in [-0.1, -0.05) is 31.4 Å². The van der Waals surface area contributed by atoms with Crippen molar-refractivity contribution in [2.45, 2.75) is 37.5 Å². The number of hydrogen-bond donors (Lipinski definition) is 1.